The first-order valence-corrected chi connectivity index (χ1v) is 11.0. The molecule has 4 aliphatic carbocycles. The number of aliphatic hydroxyl groups is 1. The van der Waals surface area contributed by atoms with Crippen molar-refractivity contribution >= 4 is 17.5 Å². The minimum absolute atomic E-state index is 0.000393. The van der Waals surface area contributed by atoms with Crippen LogP contribution in [0.25, 0.3) is 0 Å². The number of aliphatic hydroxyl groups excluding tert-OH is 1. The van der Waals surface area contributed by atoms with Crippen molar-refractivity contribution in [3.8, 4) is 0 Å². The summed E-state index contributed by atoms with van der Waals surface area (Å²) in [5, 5.41) is 10.1. The molecule has 0 radical (unpaired) electrons. The second kappa shape index (κ2) is 6.93. The van der Waals surface area contributed by atoms with Crippen LogP contribution in [0.15, 0.2) is 0 Å². The first-order chi connectivity index (χ1) is 13.2. The lowest BCUT2D eigenvalue weighted by atomic mass is 9.44. The van der Waals surface area contributed by atoms with Crippen LogP contribution in [-0.4, -0.2) is 35.4 Å². The van der Waals surface area contributed by atoms with E-state index in [1.165, 1.54) is 6.92 Å². The molecule has 0 aromatic rings. The average Bonchev–Trinajstić information content (AvgIpc) is 2.96. The van der Waals surface area contributed by atoms with Gasteiger partial charge in [-0.25, -0.2) is 0 Å². The molecular formula is C23H34O5. The van der Waals surface area contributed by atoms with Crippen LogP contribution in [0.5, 0.6) is 0 Å². The molecule has 4 aliphatic rings. The normalized spacial score (nSPS) is 47.6. The van der Waals surface area contributed by atoms with E-state index in [2.05, 4.69) is 13.8 Å². The average molecular weight is 391 g/mol. The van der Waals surface area contributed by atoms with Gasteiger partial charge in [0.15, 0.2) is 5.78 Å². The Kier molecular flexibility index (Phi) is 4.96. The van der Waals surface area contributed by atoms with E-state index in [1.54, 1.807) is 0 Å². The van der Waals surface area contributed by atoms with Crippen molar-refractivity contribution in [1.82, 2.24) is 0 Å². The number of esters is 1. The summed E-state index contributed by atoms with van der Waals surface area (Å²) in [6.07, 6.45) is 6.74. The molecule has 5 nitrogen and oxygen atoms in total. The Morgan fingerprint density at radius 1 is 1.11 bits per heavy atom. The molecule has 0 aliphatic heterocycles. The summed E-state index contributed by atoms with van der Waals surface area (Å²) in [4.78, 5) is 37.4. The molecule has 0 amide bonds. The number of carbonyl (C=O) groups is 3. The summed E-state index contributed by atoms with van der Waals surface area (Å²) in [5.74, 6) is 0.971. The third kappa shape index (κ3) is 2.96. The molecule has 4 fully saturated rings. The quantitative estimate of drug-likeness (QED) is 0.748. The summed E-state index contributed by atoms with van der Waals surface area (Å²) < 4.78 is 4.97. The fourth-order valence-corrected chi connectivity index (χ4v) is 7.85. The summed E-state index contributed by atoms with van der Waals surface area (Å²) in [7, 11) is 0. The molecule has 0 saturated heterocycles. The maximum absolute atomic E-state index is 13.5. The first kappa shape index (κ1) is 20.1. The van der Waals surface area contributed by atoms with E-state index in [0.717, 1.165) is 44.9 Å². The van der Waals surface area contributed by atoms with Crippen molar-refractivity contribution in [2.75, 3.05) is 6.61 Å². The highest BCUT2D eigenvalue weighted by Gasteiger charge is 2.64. The largest absolute Gasteiger partial charge is 0.458 e. The number of hydrogen-bond acceptors (Lipinski definition) is 5. The Balaban J connectivity index is 1.58. The van der Waals surface area contributed by atoms with Crippen molar-refractivity contribution < 1.29 is 24.2 Å². The molecule has 0 spiro atoms. The van der Waals surface area contributed by atoms with Crippen LogP contribution < -0.4 is 0 Å². The Labute approximate surface area is 167 Å². The van der Waals surface area contributed by atoms with Gasteiger partial charge in [-0.1, -0.05) is 13.8 Å². The Bertz CT molecular complexity index is 686. The summed E-state index contributed by atoms with van der Waals surface area (Å²) in [5.41, 5.74) is -0.298. The van der Waals surface area contributed by atoms with Crippen LogP contribution in [0.1, 0.15) is 72.1 Å². The Morgan fingerprint density at radius 2 is 1.86 bits per heavy atom. The summed E-state index contributed by atoms with van der Waals surface area (Å²) in [6, 6.07) is 0. The van der Waals surface area contributed by atoms with E-state index in [-0.39, 0.29) is 41.2 Å². The number of carbonyl (C=O) groups excluding carboxylic acids is 3. The van der Waals surface area contributed by atoms with Crippen molar-refractivity contribution in [3.63, 3.8) is 0 Å². The second-order valence-electron chi connectivity index (χ2n) is 10.5. The highest BCUT2D eigenvalue weighted by atomic mass is 16.5. The van der Waals surface area contributed by atoms with Crippen molar-refractivity contribution in [3.05, 3.63) is 0 Å². The highest BCUT2D eigenvalue weighted by Crippen LogP contribution is 2.66. The van der Waals surface area contributed by atoms with Gasteiger partial charge in [-0.2, -0.15) is 0 Å². The smallest absolute Gasteiger partial charge is 0.303 e. The van der Waals surface area contributed by atoms with Gasteiger partial charge in [-0.15, -0.1) is 0 Å². The molecule has 1 N–H and O–H groups in total. The molecule has 156 valence electrons. The number of fused-ring (bicyclic) bond motifs is 5. The molecule has 4 rings (SSSR count). The molecular weight excluding hydrogens is 356 g/mol. The zero-order chi connectivity index (χ0) is 20.3. The lowest BCUT2D eigenvalue weighted by Crippen LogP contribution is -2.58. The fraction of sp³-hybridized carbons (Fsp3) is 0.870. The highest BCUT2D eigenvalue weighted by molar-refractivity contribution is 5.89. The van der Waals surface area contributed by atoms with Gasteiger partial charge >= 0.3 is 5.97 Å². The van der Waals surface area contributed by atoms with Crippen LogP contribution in [-0.2, 0) is 19.1 Å². The monoisotopic (exact) mass is 390 g/mol. The maximum atomic E-state index is 13.5. The van der Waals surface area contributed by atoms with E-state index in [1.807, 2.05) is 0 Å². The van der Waals surface area contributed by atoms with Gasteiger partial charge in [0.25, 0.3) is 0 Å². The standard InChI is InChI=1S/C23H34O5/c1-13(24)28-12-20(27)18-7-6-17-16-5-4-14-10-15(25)8-9-22(14,2)21(16)19(26)11-23(17,18)3/h14-18,21,25H,4-12H2,1-3H3/t14-,15+,16-,17+,18-,21+,22-,23-/m0/s1. The van der Waals surface area contributed by atoms with Gasteiger partial charge in [0, 0.05) is 25.2 Å². The number of rotatable bonds is 3. The minimum atomic E-state index is -0.432. The predicted octanol–water partition coefficient (Wildman–Crippen LogP) is 3.32. The molecule has 5 heteroatoms. The van der Waals surface area contributed by atoms with E-state index < -0.39 is 5.97 Å². The molecule has 0 aromatic carbocycles. The number of hydrogen-bond donors (Lipinski definition) is 1. The van der Waals surface area contributed by atoms with Crippen LogP contribution >= 0.6 is 0 Å². The van der Waals surface area contributed by atoms with Crippen molar-refractivity contribution in [1.29, 1.82) is 0 Å². The van der Waals surface area contributed by atoms with Gasteiger partial charge in [0.2, 0.25) is 0 Å². The topological polar surface area (TPSA) is 80.7 Å². The molecule has 0 aromatic heterocycles. The molecule has 0 heterocycles. The van der Waals surface area contributed by atoms with Crippen LogP contribution in [0.4, 0.5) is 0 Å². The van der Waals surface area contributed by atoms with Gasteiger partial charge in [0.1, 0.15) is 12.4 Å². The van der Waals surface area contributed by atoms with Gasteiger partial charge in [-0.3, -0.25) is 14.4 Å². The van der Waals surface area contributed by atoms with Crippen LogP contribution in [0, 0.1) is 40.4 Å². The second-order valence-corrected chi connectivity index (χ2v) is 10.5. The van der Waals surface area contributed by atoms with Crippen LogP contribution in [0.2, 0.25) is 0 Å². The Morgan fingerprint density at radius 3 is 2.57 bits per heavy atom. The third-order valence-electron chi connectivity index (χ3n) is 9.13. The zero-order valence-electron chi connectivity index (χ0n) is 17.4. The third-order valence-corrected chi connectivity index (χ3v) is 9.13. The molecule has 4 saturated carbocycles. The fourth-order valence-electron chi connectivity index (χ4n) is 7.85. The van der Waals surface area contributed by atoms with Crippen molar-refractivity contribution in [2.24, 2.45) is 40.4 Å². The van der Waals surface area contributed by atoms with Gasteiger partial charge < -0.3 is 9.84 Å². The SMILES string of the molecule is CC(=O)OCC(=O)[C@@H]1CC[C@@H]2[C@@H]3CC[C@H]4C[C@H](O)CC[C@]4(C)[C@H]3C(=O)C[C@@]21C. The minimum Gasteiger partial charge on any atom is -0.458 e. The maximum Gasteiger partial charge on any atom is 0.303 e. The number of Topliss-reactive ketones (excluding diaryl/α,β-unsaturated/α-hetero) is 2. The Hall–Kier alpha value is -1.23. The summed E-state index contributed by atoms with van der Waals surface area (Å²) >= 11 is 0. The molecule has 0 bridgehead atoms. The lowest BCUT2D eigenvalue weighted by molar-refractivity contribution is -0.163. The van der Waals surface area contributed by atoms with Crippen LogP contribution in [0.3, 0.4) is 0 Å². The first-order valence-electron chi connectivity index (χ1n) is 11.0. The lowest BCUT2D eigenvalue weighted by Gasteiger charge is -2.59. The molecule has 0 unspecified atom stereocenters. The van der Waals surface area contributed by atoms with E-state index in [4.69, 9.17) is 4.74 Å². The predicted molar refractivity (Wildman–Crippen MR) is 103 cm³/mol. The molecule has 28 heavy (non-hydrogen) atoms. The number of ketones is 2. The zero-order valence-corrected chi connectivity index (χ0v) is 17.4. The van der Waals surface area contributed by atoms with Crippen molar-refractivity contribution in [2.45, 2.75) is 78.2 Å². The van der Waals surface area contributed by atoms with E-state index in [9.17, 15) is 19.5 Å². The van der Waals surface area contributed by atoms with E-state index >= 15 is 0 Å². The van der Waals surface area contributed by atoms with Gasteiger partial charge in [-0.05, 0) is 73.5 Å². The number of ether oxygens (including phenoxy) is 1. The summed E-state index contributed by atoms with van der Waals surface area (Å²) in [6.45, 7) is 5.58. The van der Waals surface area contributed by atoms with E-state index in [0.29, 0.717) is 30.0 Å². The molecule has 8 atom stereocenters. The van der Waals surface area contributed by atoms with Gasteiger partial charge in [0.05, 0.1) is 6.10 Å².